The van der Waals surface area contributed by atoms with Crippen LogP contribution in [0.5, 0.6) is 5.75 Å². The van der Waals surface area contributed by atoms with Crippen molar-refractivity contribution in [2.75, 3.05) is 13.2 Å². The van der Waals surface area contributed by atoms with Gasteiger partial charge >= 0.3 is 0 Å². The SMILES string of the molecule is CC(C)CCNC(=O)COc1ccc2nc3n(c(=O)c2c1)CCCCC3. The highest BCUT2D eigenvalue weighted by Crippen LogP contribution is 2.19. The van der Waals surface area contributed by atoms with Crippen LogP contribution in [0.4, 0.5) is 0 Å². The molecule has 2 heterocycles. The molecule has 0 saturated heterocycles. The Kier molecular flexibility index (Phi) is 5.91. The van der Waals surface area contributed by atoms with Crippen molar-refractivity contribution in [2.24, 2.45) is 5.92 Å². The zero-order valence-electron chi connectivity index (χ0n) is 15.6. The monoisotopic (exact) mass is 357 g/mol. The van der Waals surface area contributed by atoms with Crippen LogP contribution in [-0.2, 0) is 17.8 Å². The fraction of sp³-hybridized carbons (Fsp3) is 0.550. The summed E-state index contributed by atoms with van der Waals surface area (Å²) in [4.78, 5) is 29.3. The first-order chi connectivity index (χ1) is 12.5. The number of aromatic nitrogens is 2. The van der Waals surface area contributed by atoms with Gasteiger partial charge in [0.2, 0.25) is 0 Å². The standard InChI is InChI=1S/C20H27N3O3/c1-14(2)9-10-21-19(24)13-26-15-7-8-17-16(12-15)20(25)23-11-5-3-4-6-18(23)22-17/h7-8,12,14H,3-6,9-11,13H2,1-2H3,(H,21,24). The van der Waals surface area contributed by atoms with Crippen molar-refractivity contribution < 1.29 is 9.53 Å². The van der Waals surface area contributed by atoms with Gasteiger partial charge in [-0.1, -0.05) is 20.3 Å². The fourth-order valence-corrected chi connectivity index (χ4v) is 3.19. The van der Waals surface area contributed by atoms with E-state index < -0.39 is 0 Å². The molecule has 26 heavy (non-hydrogen) atoms. The van der Waals surface area contributed by atoms with Gasteiger partial charge in [-0.15, -0.1) is 0 Å². The maximum absolute atomic E-state index is 12.8. The van der Waals surface area contributed by atoms with Crippen molar-refractivity contribution >= 4 is 16.8 Å². The second-order valence-electron chi connectivity index (χ2n) is 7.30. The molecule has 0 aliphatic carbocycles. The van der Waals surface area contributed by atoms with E-state index in [0.717, 1.165) is 44.5 Å². The molecular formula is C20H27N3O3. The van der Waals surface area contributed by atoms with Crippen LogP contribution in [0.15, 0.2) is 23.0 Å². The first kappa shape index (κ1) is 18.4. The smallest absolute Gasteiger partial charge is 0.261 e. The van der Waals surface area contributed by atoms with Crippen molar-refractivity contribution in [3.8, 4) is 5.75 Å². The van der Waals surface area contributed by atoms with Crippen LogP contribution in [-0.4, -0.2) is 28.6 Å². The van der Waals surface area contributed by atoms with E-state index in [0.29, 0.717) is 29.1 Å². The Bertz CT molecular complexity index is 842. The molecule has 0 saturated carbocycles. The van der Waals surface area contributed by atoms with E-state index in [1.165, 1.54) is 0 Å². The number of carbonyl (C=O) groups excluding carboxylic acids is 1. The molecule has 1 aliphatic heterocycles. The Hall–Kier alpha value is -2.37. The molecule has 0 fully saturated rings. The second kappa shape index (κ2) is 8.34. The van der Waals surface area contributed by atoms with Crippen LogP contribution >= 0.6 is 0 Å². The lowest BCUT2D eigenvalue weighted by molar-refractivity contribution is -0.123. The topological polar surface area (TPSA) is 73.2 Å². The van der Waals surface area contributed by atoms with Crippen molar-refractivity contribution in [3.05, 3.63) is 34.4 Å². The second-order valence-corrected chi connectivity index (χ2v) is 7.30. The average Bonchev–Trinajstić information content (AvgIpc) is 2.86. The summed E-state index contributed by atoms with van der Waals surface area (Å²) in [6.07, 6.45) is 4.99. The molecule has 0 unspecified atom stereocenters. The average molecular weight is 357 g/mol. The van der Waals surface area contributed by atoms with Crippen LogP contribution in [0.25, 0.3) is 10.9 Å². The summed E-state index contributed by atoms with van der Waals surface area (Å²) in [5.74, 6) is 1.79. The van der Waals surface area contributed by atoms with E-state index in [4.69, 9.17) is 4.74 Å². The largest absolute Gasteiger partial charge is 0.484 e. The highest BCUT2D eigenvalue weighted by atomic mass is 16.5. The molecule has 0 spiro atoms. The highest BCUT2D eigenvalue weighted by Gasteiger charge is 2.14. The summed E-state index contributed by atoms with van der Waals surface area (Å²) in [6, 6.07) is 5.27. The summed E-state index contributed by atoms with van der Waals surface area (Å²) >= 11 is 0. The van der Waals surface area contributed by atoms with Gasteiger partial charge < -0.3 is 10.1 Å². The fourth-order valence-electron chi connectivity index (χ4n) is 3.19. The molecule has 0 bridgehead atoms. The van der Waals surface area contributed by atoms with E-state index in [1.807, 2.05) is 0 Å². The number of hydrogen-bond acceptors (Lipinski definition) is 4. The van der Waals surface area contributed by atoms with Gasteiger partial charge in [0, 0.05) is 19.5 Å². The molecule has 140 valence electrons. The van der Waals surface area contributed by atoms with Crippen LogP contribution in [0, 0.1) is 5.92 Å². The lowest BCUT2D eigenvalue weighted by Gasteiger charge is -2.12. The minimum Gasteiger partial charge on any atom is -0.484 e. The lowest BCUT2D eigenvalue weighted by atomic mass is 10.1. The summed E-state index contributed by atoms with van der Waals surface area (Å²) in [5, 5.41) is 3.39. The predicted molar refractivity (Wildman–Crippen MR) is 102 cm³/mol. The molecular weight excluding hydrogens is 330 g/mol. The molecule has 6 nitrogen and oxygen atoms in total. The predicted octanol–water partition coefficient (Wildman–Crippen LogP) is 2.66. The number of nitrogens with zero attached hydrogens (tertiary/aromatic N) is 2. The van der Waals surface area contributed by atoms with Gasteiger partial charge in [0.25, 0.3) is 11.5 Å². The van der Waals surface area contributed by atoms with E-state index in [1.54, 1.807) is 22.8 Å². The molecule has 6 heteroatoms. The number of ether oxygens (including phenoxy) is 1. The number of rotatable bonds is 6. The molecule has 1 amide bonds. The summed E-state index contributed by atoms with van der Waals surface area (Å²) < 4.78 is 7.36. The normalized spacial score (nSPS) is 14.1. The third kappa shape index (κ3) is 4.42. The zero-order chi connectivity index (χ0) is 18.5. The molecule has 1 aromatic carbocycles. The van der Waals surface area contributed by atoms with Gasteiger partial charge in [-0.05, 0) is 43.4 Å². The number of amides is 1. The van der Waals surface area contributed by atoms with Gasteiger partial charge in [0.05, 0.1) is 10.9 Å². The zero-order valence-corrected chi connectivity index (χ0v) is 15.6. The Morgan fingerprint density at radius 2 is 2.15 bits per heavy atom. The van der Waals surface area contributed by atoms with Gasteiger partial charge in [-0.3, -0.25) is 14.2 Å². The number of nitrogens with one attached hydrogen (secondary N) is 1. The Labute approximate surface area is 153 Å². The van der Waals surface area contributed by atoms with Crippen LogP contribution in [0.1, 0.15) is 45.4 Å². The molecule has 1 N–H and O–H groups in total. The minimum absolute atomic E-state index is 0.0151. The van der Waals surface area contributed by atoms with Crippen molar-refractivity contribution in [3.63, 3.8) is 0 Å². The molecule has 0 atom stereocenters. The van der Waals surface area contributed by atoms with Crippen molar-refractivity contribution in [1.82, 2.24) is 14.9 Å². The minimum atomic E-state index is -0.150. The molecule has 3 rings (SSSR count). The first-order valence-electron chi connectivity index (χ1n) is 9.47. The van der Waals surface area contributed by atoms with E-state index in [9.17, 15) is 9.59 Å². The first-order valence-corrected chi connectivity index (χ1v) is 9.47. The summed E-state index contributed by atoms with van der Waals surface area (Å²) in [6.45, 7) is 5.55. The third-order valence-corrected chi connectivity index (χ3v) is 4.70. The Morgan fingerprint density at radius 3 is 2.96 bits per heavy atom. The van der Waals surface area contributed by atoms with Gasteiger partial charge in [-0.25, -0.2) is 4.98 Å². The van der Waals surface area contributed by atoms with Gasteiger partial charge in [0.1, 0.15) is 11.6 Å². The van der Waals surface area contributed by atoms with E-state index >= 15 is 0 Å². The Balaban J connectivity index is 1.72. The van der Waals surface area contributed by atoms with E-state index in [2.05, 4.69) is 24.1 Å². The van der Waals surface area contributed by atoms with Crippen LogP contribution in [0.3, 0.4) is 0 Å². The van der Waals surface area contributed by atoms with Gasteiger partial charge in [0.15, 0.2) is 6.61 Å². The summed E-state index contributed by atoms with van der Waals surface area (Å²) in [5.41, 5.74) is 0.676. The quantitative estimate of drug-likeness (QED) is 0.863. The van der Waals surface area contributed by atoms with Crippen molar-refractivity contribution in [1.29, 1.82) is 0 Å². The highest BCUT2D eigenvalue weighted by molar-refractivity contribution is 5.80. The molecule has 2 aromatic rings. The lowest BCUT2D eigenvalue weighted by Crippen LogP contribution is -2.30. The maximum atomic E-state index is 12.8. The van der Waals surface area contributed by atoms with Gasteiger partial charge in [-0.2, -0.15) is 0 Å². The molecule has 1 aliphatic rings. The summed E-state index contributed by atoms with van der Waals surface area (Å²) in [7, 11) is 0. The maximum Gasteiger partial charge on any atom is 0.261 e. The number of fused-ring (bicyclic) bond motifs is 2. The van der Waals surface area contributed by atoms with Crippen molar-refractivity contribution in [2.45, 2.75) is 52.5 Å². The number of benzene rings is 1. The van der Waals surface area contributed by atoms with E-state index in [-0.39, 0.29) is 18.1 Å². The molecule has 1 aromatic heterocycles. The number of hydrogen-bond donors (Lipinski definition) is 1. The van der Waals surface area contributed by atoms with Crippen LogP contribution < -0.4 is 15.6 Å². The van der Waals surface area contributed by atoms with Crippen LogP contribution in [0.2, 0.25) is 0 Å². The number of carbonyl (C=O) groups is 1. The number of aryl methyl sites for hydroxylation is 1. The molecule has 0 radical (unpaired) electrons. The third-order valence-electron chi connectivity index (χ3n) is 4.70. The Morgan fingerprint density at radius 1 is 1.31 bits per heavy atom.